The number of nitrogens with one attached hydrogen (secondary N) is 4. The van der Waals surface area contributed by atoms with Gasteiger partial charge in [-0.1, -0.05) is 5.92 Å². The van der Waals surface area contributed by atoms with E-state index in [4.69, 9.17) is 17.9 Å². The van der Waals surface area contributed by atoms with Gasteiger partial charge in [-0.15, -0.1) is 6.42 Å². The lowest BCUT2D eigenvalue weighted by Crippen LogP contribution is -2.51. The second kappa shape index (κ2) is 12.0. The quantitative estimate of drug-likeness (QED) is 0.125. The van der Waals surface area contributed by atoms with Gasteiger partial charge in [0.2, 0.25) is 0 Å². The van der Waals surface area contributed by atoms with Crippen LogP contribution in [0.15, 0.2) is 45.8 Å². The highest BCUT2D eigenvalue weighted by Gasteiger charge is 2.25. The molecule has 1 aromatic carbocycles. The Labute approximate surface area is 208 Å². The number of carboxylic acids is 1. The molecule has 13 nitrogen and oxygen atoms in total. The van der Waals surface area contributed by atoms with Crippen molar-refractivity contribution in [3.63, 3.8) is 0 Å². The summed E-state index contributed by atoms with van der Waals surface area (Å²) in [6, 6.07) is 5.45. The number of carboxylic acid groups (broad SMARTS) is 1. The minimum absolute atomic E-state index is 0.0331. The third kappa shape index (κ3) is 6.95. The summed E-state index contributed by atoms with van der Waals surface area (Å²) in [5.74, 6) is 1.44. The number of benzene rings is 1. The average Bonchev–Trinajstić information content (AvgIpc) is 2.85. The molecule has 0 bridgehead atoms. The van der Waals surface area contributed by atoms with E-state index in [-0.39, 0.29) is 31.3 Å². The summed E-state index contributed by atoms with van der Waals surface area (Å²) in [6.45, 7) is 0.699. The fourth-order valence-corrected chi connectivity index (χ4v) is 3.67. The predicted octanol–water partition coefficient (Wildman–Crippen LogP) is -1.96. The van der Waals surface area contributed by atoms with Gasteiger partial charge in [-0.3, -0.25) is 15.8 Å². The van der Waals surface area contributed by atoms with Crippen LogP contribution in [0.4, 0.5) is 5.69 Å². The SMILES string of the molecule is C#CCNC(O)CCC(NC(=O)c1ccc(N(C)CC2C=NC3=C(N2)C(N)=NC(N)N3)cc1)C(=O)O. The number of carbonyl (C=O) groups is 2. The maximum atomic E-state index is 12.6. The summed E-state index contributed by atoms with van der Waals surface area (Å²) >= 11 is 0. The Kier molecular flexibility index (Phi) is 8.85. The zero-order valence-electron chi connectivity index (χ0n) is 19.8. The number of carbonyl (C=O) groups excluding carboxylic acids is 1. The Bertz CT molecular complexity index is 1090. The van der Waals surface area contributed by atoms with Crippen LogP contribution in [0.3, 0.4) is 0 Å². The van der Waals surface area contributed by atoms with E-state index in [1.807, 2.05) is 11.9 Å². The monoisotopic (exact) mass is 497 g/mol. The van der Waals surface area contributed by atoms with Crippen LogP contribution in [0.25, 0.3) is 0 Å². The molecule has 0 aromatic heterocycles. The fourth-order valence-electron chi connectivity index (χ4n) is 3.67. The van der Waals surface area contributed by atoms with Crippen molar-refractivity contribution in [2.45, 2.75) is 37.4 Å². The Balaban J connectivity index is 1.54. The molecule has 0 saturated heterocycles. The minimum Gasteiger partial charge on any atom is -0.480 e. The number of amidine groups is 1. The first-order valence-corrected chi connectivity index (χ1v) is 11.3. The zero-order chi connectivity index (χ0) is 26.2. The number of terminal acetylenes is 1. The molecule has 3 rings (SSSR count). The van der Waals surface area contributed by atoms with E-state index in [9.17, 15) is 19.8 Å². The van der Waals surface area contributed by atoms with Gasteiger partial charge >= 0.3 is 5.97 Å². The van der Waals surface area contributed by atoms with Crippen molar-refractivity contribution in [3.05, 3.63) is 41.3 Å². The molecular weight excluding hydrogens is 466 g/mol. The van der Waals surface area contributed by atoms with Gasteiger partial charge in [0.25, 0.3) is 5.91 Å². The van der Waals surface area contributed by atoms with Crippen molar-refractivity contribution in [3.8, 4) is 12.3 Å². The molecule has 2 heterocycles. The van der Waals surface area contributed by atoms with E-state index < -0.39 is 30.4 Å². The molecule has 1 amide bonds. The summed E-state index contributed by atoms with van der Waals surface area (Å²) < 4.78 is 0. The lowest BCUT2D eigenvalue weighted by atomic mass is 10.1. The molecular formula is C23H31N9O4. The van der Waals surface area contributed by atoms with E-state index in [0.717, 1.165) is 5.69 Å². The van der Waals surface area contributed by atoms with Crippen molar-refractivity contribution in [2.24, 2.45) is 21.5 Å². The zero-order valence-corrected chi connectivity index (χ0v) is 19.8. The van der Waals surface area contributed by atoms with Crippen LogP contribution in [0.1, 0.15) is 23.2 Å². The maximum Gasteiger partial charge on any atom is 0.326 e. The number of aliphatic carboxylic acids is 1. The van der Waals surface area contributed by atoms with Gasteiger partial charge < -0.3 is 36.8 Å². The first-order valence-electron chi connectivity index (χ1n) is 11.3. The predicted molar refractivity (Wildman–Crippen MR) is 136 cm³/mol. The maximum absolute atomic E-state index is 12.6. The number of aliphatic hydroxyl groups is 1. The molecule has 4 unspecified atom stereocenters. The lowest BCUT2D eigenvalue weighted by Gasteiger charge is -2.31. The fraction of sp³-hybridized carbons (Fsp3) is 0.391. The number of hydrogen-bond acceptors (Lipinski definition) is 11. The standard InChI is InChI=1S/C23H31N9O4/c1-3-10-26-17(33)9-8-16(22(35)36)29-21(34)13-4-6-15(7-5-13)32(2)12-14-11-27-20-18(28-14)19(24)30-23(25)31-20/h1,4-7,11,14,16-17,23,26,28,31,33H,8-10,12,25H2,2H3,(H2,24,30)(H,29,34)(H,35,36). The molecule has 2 aliphatic rings. The van der Waals surface area contributed by atoms with Crippen LogP contribution in [-0.2, 0) is 4.79 Å². The highest BCUT2D eigenvalue weighted by Crippen LogP contribution is 2.17. The third-order valence-corrected chi connectivity index (χ3v) is 5.58. The van der Waals surface area contributed by atoms with Crippen molar-refractivity contribution in [2.75, 3.05) is 25.0 Å². The van der Waals surface area contributed by atoms with Crippen molar-refractivity contribution < 1.29 is 19.8 Å². The van der Waals surface area contributed by atoms with Gasteiger partial charge in [0.15, 0.2) is 12.1 Å². The van der Waals surface area contributed by atoms with Crippen LogP contribution < -0.4 is 37.6 Å². The summed E-state index contributed by atoms with van der Waals surface area (Å²) in [4.78, 5) is 34.6. The first kappa shape index (κ1) is 26.5. The number of rotatable bonds is 11. The molecule has 0 fully saturated rings. The third-order valence-electron chi connectivity index (χ3n) is 5.58. The van der Waals surface area contributed by atoms with Gasteiger partial charge in [-0.2, -0.15) is 0 Å². The lowest BCUT2D eigenvalue weighted by molar-refractivity contribution is -0.139. The van der Waals surface area contributed by atoms with E-state index in [1.54, 1.807) is 30.5 Å². The van der Waals surface area contributed by atoms with Gasteiger partial charge in [0.1, 0.15) is 23.8 Å². The second-order valence-electron chi connectivity index (χ2n) is 8.33. The summed E-state index contributed by atoms with van der Waals surface area (Å²) in [6.07, 6.45) is 5.42. The summed E-state index contributed by atoms with van der Waals surface area (Å²) in [7, 11) is 1.89. The van der Waals surface area contributed by atoms with Crippen molar-refractivity contribution >= 4 is 29.6 Å². The van der Waals surface area contributed by atoms with Crippen LogP contribution in [0.5, 0.6) is 0 Å². The van der Waals surface area contributed by atoms with Crippen LogP contribution in [0.2, 0.25) is 0 Å². The molecule has 4 atom stereocenters. The highest BCUT2D eigenvalue weighted by molar-refractivity contribution is 5.99. The molecule has 36 heavy (non-hydrogen) atoms. The molecule has 0 radical (unpaired) electrons. The van der Waals surface area contributed by atoms with Crippen molar-refractivity contribution in [1.29, 1.82) is 0 Å². The second-order valence-corrected chi connectivity index (χ2v) is 8.33. The largest absolute Gasteiger partial charge is 0.480 e. The number of hydrogen-bond donors (Lipinski definition) is 8. The van der Waals surface area contributed by atoms with E-state index >= 15 is 0 Å². The topological polar surface area (TPSA) is 203 Å². The Hall–Kier alpha value is -4.12. The van der Waals surface area contributed by atoms with Crippen LogP contribution >= 0.6 is 0 Å². The summed E-state index contributed by atoms with van der Waals surface area (Å²) in [5.41, 5.74) is 13.4. The van der Waals surface area contributed by atoms with Gasteiger partial charge in [0.05, 0.1) is 12.6 Å². The molecule has 0 aliphatic carbocycles. The number of likely N-dealkylation sites (N-methyl/N-ethyl adjacent to an activating group) is 1. The van der Waals surface area contributed by atoms with E-state index in [2.05, 4.69) is 37.2 Å². The van der Waals surface area contributed by atoms with Crippen molar-refractivity contribution in [1.82, 2.24) is 21.3 Å². The Morgan fingerprint density at radius 1 is 1.28 bits per heavy atom. The summed E-state index contributed by atoms with van der Waals surface area (Å²) in [5, 5.41) is 30.6. The average molecular weight is 498 g/mol. The molecule has 13 heteroatoms. The van der Waals surface area contributed by atoms with E-state index in [0.29, 0.717) is 23.6 Å². The van der Waals surface area contributed by atoms with Crippen LogP contribution in [0, 0.1) is 12.3 Å². The number of nitrogens with zero attached hydrogens (tertiary/aromatic N) is 3. The molecule has 10 N–H and O–H groups in total. The smallest absolute Gasteiger partial charge is 0.326 e. The number of anilines is 1. The van der Waals surface area contributed by atoms with E-state index in [1.165, 1.54) is 0 Å². The van der Waals surface area contributed by atoms with Gasteiger partial charge in [0, 0.05) is 31.1 Å². The molecule has 0 saturated carbocycles. The highest BCUT2D eigenvalue weighted by atomic mass is 16.4. The normalized spacial score (nSPS) is 20.1. The Morgan fingerprint density at radius 2 is 2.00 bits per heavy atom. The number of nitrogens with two attached hydrogens (primary N) is 2. The number of amides is 1. The number of aliphatic hydroxyl groups excluding tert-OH is 1. The minimum atomic E-state index is -1.19. The molecule has 2 aliphatic heterocycles. The molecule has 192 valence electrons. The van der Waals surface area contributed by atoms with Crippen LogP contribution in [-0.4, -0.2) is 78.9 Å². The van der Waals surface area contributed by atoms with Gasteiger partial charge in [-0.25, -0.2) is 14.8 Å². The molecule has 1 aromatic rings. The number of aliphatic imine (C=N–C) groups is 2. The molecule has 0 spiro atoms. The van der Waals surface area contributed by atoms with Gasteiger partial charge in [-0.05, 0) is 37.1 Å². The first-order chi connectivity index (χ1) is 17.2. The Morgan fingerprint density at radius 3 is 2.67 bits per heavy atom.